The highest BCUT2D eigenvalue weighted by atomic mass is 16.6. The molecule has 6 heteroatoms. The van der Waals surface area contributed by atoms with Crippen molar-refractivity contribution in [2.45, 2.75) is 72.3 Å². The van der Waals surface area contributed by atoms with Crippen LogP contribution in [0.1, 0.15) is 77.1 Å². The maximum atomic E-state index is 13.0. The summed E-state index contributed by atoms with van der Waals surface area (Å²) in [5, 5.41) is 3.47. The number of carbonyl (C=O) groups excluding carboxylic acids is 3. The highest BCUT2D eigenvalue weighted by Crippen LogP contribution is 2.33. The Morgan fingerprint density at radius 3 is 2.16 bits per heavy atom. The molecule has 0 aliphatic heterocycles. The second-order valence-corrected chi connectivity index (χ2v) is 9.25. The fourth-order valence-corrected chi connectivity index (χ4v) is 4.14. The first-order valence-electron chi connectivity index (χ1n) is 11.4. The largest absolute Gasteiger partial charge is 0.465 e. The van der Waals surface area contributed by atoms with Crippen molar-refractivity contribution in [2.75, 3.05) is 18.5 Å². The van der Waals surface area contributed by atoms with Crippen LogP contribution in [0.4, 0.5) is 5.69 Å². The third-order valence-corrected chi connectivity index (χ3v) is 5.76. The summed E-state index contributed by atoms with van der Waals surface area (Å²) in [6.07, 6.45) is 6.43. The second-order valence-electron chi connectivity index (χ2n) is 9.25. The van der Waals surface area contributed by atoms with E-state index in [1.54, 1.807) is 39.8 Å². The van der Waals surface area contributed by atoms with Gasteiger partial charge in [0.15, 0.2) is 5.78 Å². The SMILES string of the molecule is CCOC(=O)C(C(=O)OC(C)(C)C)C(=O)c1ccc(NCC(CC)C2CCCC2)cc1. The molecule has 1 aliphatic rings. The molecule has 1 saturated carbocycles. The molecule has 2 unspecified atom stereocenters. The first-order valence-corrected chi connectivity index (χ1v) is 11.4. The first-order chi connectivity index (χ1) is 14.7. The Bertz CT molecular complexity index is 744. The zero-order chi connectivity index (χ0) is 23.0. The summed E-state index contributed by atoms with van der Waals surface area (Å²) in [6.45, 7) is 9.90. The maximum absolute atomic E-state index is 13.0. The van der Waals surface area contributed by atoms with Crippen molar-refractivity contribution in [1.29, 1.82) is 0 Å². The standard InChI is InChI=1S/C25H37NO5/c1-6-17(18-10-8-9-11-18)16-26-20-14-12-19(13-15-20)22(27)21(23(28)30-7-2)24(29)31-25(3,4)5/h12-15,17-18,21,26H,6-11,16H2,1-5H3. The molecule has 0 spiro atoms. The monoisotopic (exact) mass is 431 g/mol. The van der Waals surface area contributed by atoms with Gasteiger partial charge in [0, 0.05) is 17.8 Å². The summed E-state index contributed by atoms with van der Waals surface area (Å²) >= 11 is 0. The first kappa shape index (κ1) is 24.9. The molecule has 1 fully saturated rings. The van der Waals surface area contributed by atoms with Gasteiger partial charge in [0.05, 0.1) is 6.61 Å². The van der Waals surface area contributed by atoms with Crippen molar-refractivity contribution in [3.8, 4) is 0 Å². The number of ether oxygens (including phenoxy) is 2. The topological polar surface area (TPSA) is 81.7 Å². The molecule has 31 heavy (non-hydrogen) atoms. The van der Waals surface area contributed by atoms with Crippen LogP contribution in [0.15, 0.2) is 24.3 Å². The van der Waals surface area contributed by atoms with Crippen LogP contribution in [0.5, 0.6) is 0 Å². The molecule has 0 aromatic heterocycles. The van der Waals surface area contributed by atoms with Crippen molar-refractivity contribution >= 4 is 23.4 Å². The Morgan fingerprint density at radius 2 is 1.65 bits per heavy atom. The molecule has 0 amide bonds. The summed E-state index contributed by atoms with van der Waals surface area (Å²) in [4.78, 5) is 37.8. The van der Waals surface area contributed by atoms with E-state index in [0.717, 1.165) is 24.6 Å². The quantitative estimate of drug-likeness (QED) is 0.318. The fourth-order valence-electron chi connectivity index (χ4n) is 4.14. The van der Waals surface area contributed by atoms with Crippen LogP contribution in [0.25, 0.3) is 0 Å². The molecular weight excluding hydrogens is 394 g/mol. The van der Waals surface area contributed by atoms with E-state index in [1.807, 2.05) is 12.1 Å². The van der Waals surface area contributed by atoms with Crippen LogP contribution in [-0.4, -0.2) is 36.5 Å². The smallest absolute Gasteiger partial charge is 0.328 e. The zero-order valence-electron chi connectivity index (χ0n) is 19.5. The molecule has 172 valence electrons. The van der Waals surface area contributed by atoms with Crippen molar-refractivity contribution in [1.82, 2.24) is 0 Å². The summed E-state index contributed by atoms with van der Waals surface area (Å²) in [5.74, 6) is -2.57. The van der Waals surface area contributed by atoms with Crippen LogP contribution < -0.4 is 5.32 Å². The highest BCUT2D eigenvalue weighted by Gasteiger charge is 2.39. The van der Waals surface area contributed by atoms with Crippen LogP contribution >= 0.6 is 0 Å². The van der Waals surface area contributed by atoms with Gasteiger partial charge in [0.1, 0.15) is 5.60 Å². The van der Waals surface area contributed by atoms with E-state index in [0.29, 0.717) is 5.92 Å². The highest BCUT2D eigenvalue weighted by molar-refractivity contribution is 6.20. The summed E-state index contributed by atoms with van der Waals surface area (Å²) in [6, 6.07) is 6.90. The molecule has 1 N–H and O–H groups in total. The van der Waals surface area contributed by atoms with Gasteiger partial charge in [-0.2, -0.15) is 0 Å². The van der Waals surface area contributed by atoms with Crippen LogP contribution in [0, 0.1) is 17.8 Å². The van der Waals surface area contributed by atoms with Crippen molar-refractivity contribution in [3.63, 3.8) is 0 Å². The number of nitrogens with one attached hydrogen (secondary N) is 1. The average Bonchev–Trinajstić information content (AvgIpc) is 3.22. The van der Waals surface area contributed by atoms with E-state index in [1.165, 1.54) is 25.7 Å². The Hall–Kier alpha value is -2.37. The van der Waals surface area contributed by atoms with Gasteiger partial charge in [-0.3, -0.25) is 14.4 Å². The number of benzene rings is 1. The average molecular weight is 432 g/mol. The third-order valence-electron chi connectivity index (χ3n) is 5.76. The van der Waals surface area contributed by atoms with Crippen LogP contribution in [0.2, 0.25) is 0 Å². The maximum Gasteiger partial charge on any atom is 0.328 e. The summed E-state index contributed by atoms with van der Waals surface area (Å²) in [5.41, 5.74) is 0.376. The Morgan fingerprint density at radius 1 is 1.03 bits per heavy atom. The van der Waals surface area contributed by atoms with Gasteiger partial charge < -0.3 is 14.8 Å². The minimum Gasteiger partial charge on any atom is -0.465 e. The number of ketones is 1. The van der Waals surface area contributed by atoms with Crippen molar-refractivity contribution in [3.05, 3.63) is 29.8 Å². The number of carbonyl (C=O) groups is 3. The number of hydrogen-bond acceptors (Lipinski definition) is 6. The summed E-state index contributed by atoms with van der Waals surface area (Å²) in [7, 11) is 0. The van der Waals surface area contributed by atoms with Gasteiger partial charge in [-0.1, -0.05) is 39.0 Å². The van der Waals surface area contributed by atoms with Gasteiger partial charge in [-0.05, 0) is 63.8 Å². The fraction of sp³-hybridized carbons (Fsp3) is 0.640. The predicted octanol–water partition coefficient (Wildman–Crippen LogP) is 5.02. The lowest BCUT2D eigenvalue weighted by Crippen LogP contribution is -2.38. The molecule has 1 aromatic rings. The predicted molar refractivity (Wildman–Crippen MR) is 121 cm³/mol. The Labute approximate surface area is 186 Å². The molecule has 0 saturated heterocycles. The normalized spacial score (nSPS) is 16.4. The lowest BCUT2D eigenvalue weighted by atomic mass is 9.88. The number of hydrogen-bond donors (Lipinski definition) is 1. The van der Waals surface area contributed by atoms with Gasteiger partial charge >= 0.3 is 11.9 Å². The molecule has 0 bridgehead atoms. The number of esters is 2. The minimum absolute atomic E-state index is 0.0772. The van der Waals surface area contributed by atoms with E-state index in [-0.39, 0.29) is 12.2 Å². The molecule has 6 nitrogen and oxygen atoms in total. The Kier molecular flexibility index (Phi) is 9.08. The third kappa shape index (κ3) is 7.37. The van der Waals surface area contributed by atoms with Crippen LogP contribution in [0.3, 0.4) is 0 Å². The van der Waals surface area contributed by atoms with E-state index in [9.17, 15) is 14.4 Å². The van der Waals surface area contributed by atoms with Crippen LogP contribution in [-0.2, 0) is 19.1 Å². The minimum atomic E-state index is -1.62. The second kappa shape index (κ2) is 11.3. The van der Waals surface area contributed by atoms with Gasteiger partial charge in [0.25, 0.3) is 0 Å². The summed E-state index contributed by atoms with van der Waals surface area (Å²) < 4.78 is 10.2. The molecule has 2 rings (SSSR count). The molecule has 0 heterocycles. The lowest BCUT2D eigenvalue weighted by molar-refractivity contribution is -0.166. The van der Waals surface area contributed by atoms with Gasteiger partial charge in [-0.25, -0.2) is 0 Å². The zero-order valence-corrected chi connectivity index (χ0v) is 19.5. The van der Waals surface area contributed by atoms with Crippen molar-refractivity contribution in [2.24, 2.45) is 17.8 Å². The van der Waals surface area contributed by atoms with E-state index < -0.39 is 29.2 Å². The number of rotatable bonds is 10. The molecular formula is C25H37NO5. The van der Waals surface area contributed by atoms with Gasteiger partial charge in [-0.15, -0.1) is 0 Å². The lowest BCUT2D eigenvalue weighted by Gasteiger charge is -2.23. The molecule has 1 aromatic carbocycles. The van der Waals surface area contributed by atoms with Gasteiger partial charge in [0.2, 0.25) is 5.92 Å². The molecule has 2 atom stereocenters. The van der Waals surface area contributed by atoms with E-state index >= 15 is 0 Å². The number of Topliss-reactive ketones (excluding diaryl/α,β-unsaturated/α-hetero) is 1. The van der Waals surface area contributed by atoms with E-state index in [2.05, 4.69) is 12.2 Å². The van der Waals surface area contributed by atoms with Crippen molar-refractivity contribution < 1.29 is 23.9 Å². The molecule has 0 radical (unpaired) electrons. The van der Waals surface area contributed by atoms with E-state index in [4.69, 9.17) is 9.47 Å². The Balaban J connectivity index is 2.07. The molecule has 1 aliphatic carbocycles. The number of anilines is 1.